The molecule has 168 valence electrons. The van der Waals surface area contributed by atoms with Crippen LogP contribution < -0.4 is 10.1 Å². The van der Waals surface area contributed by atoms with E-state index < -0.39 is 12.1 Å². The number of benzene rings is 2. The van der Waals surface area contributed by atoms with Crippen molar-refractivity contribution in [1.82, 2.24) is 10.3 Å². The average molecular weight is 435 g/mol. The second kappa shape index (κ2) is 10.9. The Hall–Kier alpha value is -3.27. The highest BCUT2D eigenvalue weighted by Crippen LogP contribution is 2.28. The van der Waals surface area contributed by atoms with Gasteiger partial charge in [-0.25, -0.2) is 0 Å². The third-order valence-electron chi connectivity index (χ3n) is 5.14. The van der Waals surface area contributed by atoms with Crippen molar-refractivity contribution in [2.45, 2.75) is 51.9 Å². The Kier molecular flexibility index (Phi) is 7.93. The molecular formula is C26H30N2O4. The fraction of sp³-hybridized carbons (Fsp3) is 0.346. The first-order valence-corrected chi connectivity index (χ1v) is 10.9. The van der Waals surface area contributed by atoms with Gasteiger partial charge in [-0.15, -0.1) is 0 Å². The summed E-state index contributed by atoms with van der Waals surface area (Å²) < 4.78 is 5.81. The maximum absolute atomic E-state index is 13.1. The maximum atomic E-state index is 13.1. The van der Waals surface area contributed by atoms with Crippen LogP contribution in [0.15, 0.2) is 48.7 Å². The number of para-hydroxylation sites is 1. The highest BCUT2D eigenvalue weighted by atomic mass is 16.5. The zero-order chi connectivity index (χ0) is 23.1. The van der Waals surface area contributed by atoms with Crippen LogP contribution in [-0.2, 0) is 0 Å². The molecule has 1 aromatic heterocycles. The van der Waals surface area contributed by atoms with E-state index in [0.717, 1.165) is 16.5 Å². The average Bonchev–Trinajstić information content (AvgIpc) is 3.20. The number of H-pyrrole nitrogens is 1. The lowest BCUT2D eigenvalue weighted by atomic mass is 9.98. The van der Waals surface area contributed by atoms with Crippen molar-refractivity contribution < 1.29 is 19.7 Å². The lowest BCUT2D eigenvalue weighted by Crippen LogP contribution is -2.38. The van der Waals surface area contributed by atoms with Crippen LogP contribution in [0.2, 0.25) is 0 Å². The van der Waals surface area contributed by atoms with Crippen LogP contribution >= 0.6 is 0 Å². The summed E-state index contributed by atoms with van der Waals surface area (Å²) in [5, 5.41) is 23.4. The zero-order valence-corrected chi connectivity index (χ0v) is 18.7. The minimum atomic E-state index is -1.09. The van der Waals surface area contributed by atoms with Gasteiger partial charge in [0.1, 0.15) is 12.0 Å². The van der Waals surface area contributed by atoms with Crippen molar-refractivity contribution in [3.05, 3.63) is 65.4 Å². The Morgan fingerprint density at radius 3 is 2.72 bits per heavy atom. The van der Waals surface area contributed by atoms with Crippen molar-refractivity contribution in [2.24, 2.45) is 0 Å². The van der Waals surface area contributed by atoms with Gasteiger partial charge < -0.3 is 25.3 Å². The molecule has 6 nitrogen and oxygen atoms in total. The van der Waals surface area contributed by atoms with Gasteiger partial charge in [-0.2, -0.15) is 0 Å². The van der Waals surface area contributed by atoms with Crippen LogP contribution in [0.4, 0.5) is 0 Å². The largest absolute Gasteiger partial charge is 0.490 e. The van der Waals surface area contributed by atoms with Crippen LogP contribution in [0.5, 0.6) is 5.75 Å². The van der Waals surface area contributed by atoms with Gasteiger partial charge in [0.15, 0.2) is 0 Å². The minimum Gasteiger partial charge on any atom is -0.490 e. The van der Waals surface area contributed by atoms with Crippen molar-refractivity contribution in [3.8, 4) is 17.6 Å². The molecule has 0 saturated heterocycles. The van der Waals surface area contributed by atoms with Gasteiger partial charge in [-0.1, -0.05) is 37.0 Å². The van der Waals surface area contributed by atoms with E-state index >= 15 is 0 Å². The summed E-state index contributed by atoms with van der Waals surface area (Å²) in [6.07, 6.45) is 1.84. The number of ether oxygens (including phenoxy) is 1. The quantitative estimate of drug-likeness (QED) is 0.245. The molecule has 6 heteroatoms. The molecule has 1 unspecified atom stereocenters. The number of aliphatic hydroxyl groups is 2. The predicted molar refractivity (Wildman–Crippen MR) is 126 cm³/mol. The molecule has 0 spiro atoms. The number of nitrogens with one attached hydrogen (secondary N) is 2. The molecule has 0 saturated carbocycles. The van der Waals surface area contributed by atoms with Crippen LogP contribution in [0, 0.1) is 11.8 Å². The molecule has 2 aromatic carbocycles. The number of hydrogen-bond donors (Lipinski definition) is 4. The van der Waals surface area contributed by atoms with E-state index in [1.165, 1.54) is 0 Å². The molecule has 0 fully saturated rings. The molecule has 32 heavy (non-hydrogen) atoms. The molecule has 0 radical (unpaired) electrons. The fourth-order valence-electron chi connectivity index (χ4n) is 3.45. The SMILES string of the molecule is CC(C)Oc1ccc(C#CCCCO)cc1C(=O)NC(O)[C@H](C)c1c[nH]c2ccccc12. The van der Waals surface area contributed by atoms with E-state index in [9.17, 15) is 9.90 Å². The number of rotatable bonds is 8. The van der Waals surface area contributed by atoms with Crippen LogP contribution in [0.3, 0.4) is 0 Å². The number of unbranched alkanes of at least 4 members (excludes halogenated alkanes) is 1. The molecule has 1 heterocycles. The minimum absolute atomic E-state index is 0.0933. The monoisotopic (exact) mass is 434 g/mol. The summed E-state index contributed by atoms with van der Waals surface area (Å²) in [5.41, 5.74) is 2.89. The van der Waals surface area contributed by atoms with Gasteiger partial charge in [0, 0.05) is 41.6 Å². The number of carbonyl (C=O) groups excluding carboxylic acids is 1. The number of hydrogen-bond acceptors (Lipinski definition) is 4. The van der Waals surface area contributed by atoms with E-state index in [4.69, 9.17) is 9.84 Å². The Morgan fingerprint density at radius 1 is 1.19 bits per heavy atom. The summed E-state index contributed by atoms with van der Waals surface area (Å²) in [6.45, 7) is 5.74. The van der Waals surface area contributed by atoms with Gasteiger partial charge in [0.05, 0.1) is 11.7 Å². The first kappa shape index (κ1) is 23.4. The molecular weight excluding hydrogens is 404 g/mol. The van der Waals surface area contributed by atoms with Gasteiger partial charge >= 0.3 is 0 Å². The number of amides is 1. The van der Waals surface area contributed by atoms with Crippen LogP contribution in [0.1, 0.15) is 61.0 Å². The summed E-state index contributed by atoms with van der Waals surface area (Å²) in [6, 6.07) is 13.0. The Morgan fingerprint density at radius 2 is 1.97 bits per heavy atom. The second-order valence-electron chi connectivity index (χ2n) is 8.00. The van der Waals surface area contributed by atoms with Gasteiger partial charge in [-0.3, -0.25) is 4.79 Å². The van der Waals surface area contributed by atoms with Gasteiger partial charge in [0.25, 0.3) is 5.91 Å². The first-order valence-electron chi connectivity index (χ1n) is 10.9. The maximum Gasteiger partial charge on any atom is 0.257 e. The highest BCUT2D eigenvalue weighted by Gasteiger charge is 2.23. The lowest BCUT2D eigenvalue weighted by molar-refractivity contribution is 0.0723. The number of fused-ring (bicyclic) bond motifs is 1. The van der Waals surface area contributed by atoms with Crippen LogP contribution in [0.25, 0.3) is 10.9 Å². The van der Waals surface area contributed by atoms with Gasteiger partial charge in [0.2, 0.25) is 0 Å². The van der Waals surface area contributed by atoms with Crippen molar-refractivity contribution in [1.29, 1.82) is 0 Å². The topological polar surface area (TPSA) is 94.6 Å². The van der Waals surface area contributed by atoms with E-state index in [1.54, 1.807) is 18.2 Å². The lowest BCUT2D eigenvalue weighted by Gasteiger charge is -2.21. The number of aromatic amines is 1. The van der Waals surface area contributed by atoms with Crippen LogP contribution in [-0.4, -0.2) is 40.0 Å². The van der Waals surface area contributed by atoms with Crippen molar-refractivity contribution >= 4 is 16.8 Å². The molecule has 0 bridgehead atoms. The molecule has 3 rings (SSSR count). The Labute approximate surface area is 188 Å². The fourth-order valence-corrected chi connectivity index (χ4v) is 3.45. The molecule has 0 aliphatic heterocycles. The zero-order valence-electron chi connectivity index (χ0n) is 18.7. The summed E-state index contributed by atoms with van der Waals surface area (Å²) in [7, 11) is 0. The Balaban J connectivity index is 1.81. The summed E-state index contributed by atoms with van der Waals surface area (Å²) in [5.74, 6) is 5.67. The smallest absolute Gasteiger partial charge is 0.257 e. The first-order chi connectivity index (χ1) is 15.4. The van der Waals surface area contributed by atoms with Gasteiger partial charge in [-0.05, 0) is 50.1 Å². The predicted octanol–water partition coefficient (Wildman–Crippen LogP) is 3.93. The third-order valence-corrected chi connectivity index (χ3v) is 5.14. The van der Waals surface area contributed by atoms with E-state index in [2.05, 4.69) is 22.1 Å². The molecule has 0 aliphatic rings. The van der Waals surface area contributed by atoms with E-state index in [1.807, 2.05) is 51.2 Å². The normalized spacial score (nSPS) is 12.8. The molecule has 2 atom stereocenters. The standard InChI is InChI=1S/C26H30N2O4/c1-17(2)32-24-13-12-19(9-5-4-8-14-29)15-21(24)26(31)28-25(30)18(3)22-16-27-23-11-7-6-10-20(22)23/h6-7,10-13,15-18,25,27,29-30H,4,8,14H2,1-3H3,(H,28,31)/t18-,25?/m1/s1. The summed E-state index contributed by atoms with van der Waals surface area (Å²) in [4.78, 5) is 16.3. The molecule has 0 aliphatic carbocycles. The second-order valence-corrected chi connectivity index (χ2v) is 8.00. The summed E-state index contributed by atoms with van der Waals surface area (Å²) >= 11 is 0. The number of aliphatic hydroxyl groups excluding tert-OH is 2. The van der Waals surface area contributed by atoms with E-state index in [0.29, 0.717) is 29.7 Å². The van der Waals surface area contributed by atoms with Crippen molar-refractivity contribution in [3.63, 3.8) is 0 Å². The molecule has 3 aromatic rings. The third kappa shape index (κ3) is 5.70. The van der Waals surface area contributed by atoms with Crippen molar-refractivity contribution in [2.75, 3.05) is 6.61 Å². The highest BCUT2D eigenvalue weighted by molar-refractivity contribution is 5.97. The van der Waals surface area contributed by atoms with E-state index in [-0.39, 0.29) is 18.6 Å². The number of aromatic nitrogens is 1. The molecule has 1 amide bonds. The molecule has 4 N–H and O–H groups in total. The Bertz CT molecular complexity index is 1120. The number of carbonyl (C=O) groups is 1.